The summed E-state index contributed by atoms with van der Waals surface area (Å²) < 4.78 is 0.851. The highest BCUT2D eigenvalue weighted by Gasteiger charge is 2.05. The lowest BCUT2D eigenvalue weighted by Gasteiger charge is -2.10. The lowest BCUT2D eigenvalue weighted by molar-refractivity contribution is -0.0731. The molecule has 0 amide bonds. The Labute approximate surface area is 85.7 Å². The summed E-state index contributed by atoms with van der Waals surface area (Å²) >= 11 is 3.33. The molecule has 1 aromatic rings. The zero-order chi connectivity index (χ0) is 10.0. The van der Waals surface area contributed by atoms with Gasteiger partial charge in [0.2, 0.25) is 0 Å². The number of phenolic OH excluding ortho intramolecular Hbond substituents is 1. The molecule has 0 fully saturated rings. The molecule has 3 nitrogen and oxygen atoms in total. The molecule has 1 aromatic carbocycles. The van der Waals surface area contributed by atoms with Gasteiger partial charge in [-0.05, 0) is 24.6 Å². The fourth-order valence-corrected chi connectivity index (χ4v) is 1.57. The van der Waals surface area contributed by atoms with Crippen LogP contribution in [0.4, 0.5) is 0 Å². The summed E-state index contributed by atoms with van der Waals surface area (Å²) in [6, 6.07) is 3.52. The van der Waals surface area contributed by atoms with Crippen LogP contribution >= 0.6 is 15.9 Å². The number of phenols is 1. The number of hydrogen-bond acceptors (Lipinski definition) is 3. The van der Waals surface area contributed by atoms with E-state index in [-0.39, 0.29) is 5.75 Å². The zero-order valence-electron chi connectivity index (χ0n) is 7.58. The predicted octanol–water partition coefficient (Wildman–Crippen LogP) is 2.28. The second kappa shape index (κ2) is 4.09. The summed E-state index contributed by atoms with van der Waals surface area (Å²) in [5, 5.41) is 19.5. The van der Waals surface area contributed by atoms with Gasteiger partial charge in [-0.1, -0.05) is 15.9 Å². The molecule has 0 saturated heterocycles. The smallest absolute Gasteiger partial charge is 0.119 e. The first kappa shape index (κ1) is 10.5. The molecule has 0 radical (unpaired) electrons. The number of hydrogen-bond donors (Lipinski definition) is 2. The number of benzene rings is 1. The Bertz CT molecular complexity index is 289. The minimum Gasteiger partial charge on any atom is -0.508 e. The topological polar surface area (TPSA) is 43.7 Å². The van der Waals surface area contributed by atoms with E-state index in [1.807, 2.05) is 13.0 Å². The molecule has 0 atom stereocenters. The van der Waals surface area contributed by atoms with Crippen molar-refractivity contribution in [2.75, 3.05) is 7.05 Å². The molecule has 0 aliphatic heterocycles. The van der Waals surface area contributed by atoms with Gasteiger partial charge in [0.05, 0.1) is 0 Å². The molecule has 0 aliphatic carbocycles. The van der Waals surface area contributed by atoms with Gasteiger partial charge in [0.15, 0.2) is 0 Å². The monoisotopic (exact) mass is 245 g/mol. The van der Waals surface area contributed by atoms with E-state index in [1.54, 1.807) is 13.1 Å². The van der Waals surface area contributed by atoms with Crippen LogP contribution in [0.2, 0.25) is 0 Å². The largest absolute Gasteiger partial charge is 0.508 e. The van der Waals surface area contributed by atoms with Crippen LogP contribution in [-0.4, -0.2) is 22.4 Å². The first-order chi connectivity index (χ1) is 6.00. The zero-order valence-corrected chi connectivity index (χ0v) is 9.17. The van der Waals surface area contributed by atoms with Gasteiger partial charge < -0.3 is 10.3 Å². The van der Waals surface area contributed by atoms with Gasteiger partial charge in [-0.2, -0.15) is 5.06 Å². The van der Waals surface area contributed by atoms with Crippen molar-refractivity contribution in [1.29, 1.82) is 0 Å². The maximum Gasteiger partial charge on any atom is 0.119 e. The van der Waals surface area contributed by atoms with Gasteiger partial charge in [0, 0.05) is 23.6 Å². The molecule has 2 N–H and O–H groups in total. The van der Waals surface area contributed by atoms with Crippen LogP contribution in [0, 0.1) is 6.92 Å². The molecule has 0 unspecified atom stereocenters. The van der Waals surface area contributed by atoms with Gasteiger partial charge >= 0.3 is 0 Å². The van der Waals surface area contributed by atoms with Crippen molar-refractivity contribution in [3.8, 4) is 5.75 Å². The number of aromatic hydroxyl groups is 1. The molecular weight excluding hydrogens is 234 g/mol. The van der Waals surface area contributed by atoms with E-state index in [2.05, 4.69) is 15.9 Å². The van der Waals surface area contributed by atoms with Crippen LogP contribution in [0.25, 0.3) is 0 Å². The molecule has 0 saturated carbocycles. The molecular formula is C9H12BrNO2. The highest BCUT2D eigenvalue weighted by molar-refractivity contribution is 9.10. The van der Waals surface area contributed by atoms with E-state index in [4.69, 9.17) is 5.21 Å². The van der Waals surface area contributed by atoms with E-state index in [0.29, 0.717) is 6.54 Å². The lowest BCUT2D eigenvalue weighted by Crippen LogP contribution is -2.11. The fourth-order valence-electron chi connectivity index (χ4n) is 1.07. The fraction of sp³-hybridized carbons (Fsp3) is 0.333. The number of rotatable bonds is 2. The van der Waals surface area contributed by atoms with Crippen molar-refractivity contribution < 1.29 is 10.3 Å². The van der Waals surface area contributed by atoms with E-state index < -0.39 is 0 Å². The third-order valence-corrected chi connectivity index (χ3v) is 2.61. The van der Waals surface area contributed by atoms with E-state index in [1.165, 1.54) is 0 Å². The Balaban J connectivity index is 2.99. The van der Waals surface area contributed by atoms with Gasteiger partial charge in [0.1, 0.15) is 5.75 Å². The Morgan fingerprint density at radius 1 is 1.46 bits per heavy atom. The molecule has 0 aromatic heterocycles. The summed E-state index contributed by atoms with van der Waals surface area (Å²) in [4.78, 5) is 0. The SMILES string of the molecule is Cc1c(O)cc(CN(C)O)cc1Br. The minimum absolute atomic E-state index is 0.242. The molecule has 4 heteroatoms. The maximum atomic E-state index is 9.46. The Morgan fingerprint density at radius 3 is 2.54 bits per heavy atom. The second-order valence-electron chi connectivity index (χ2n) is 3.04. The Kier molecular flexibility index (Phi) is 3.30. The molecule has 72 valence electrons. The summed E-state index contributed by atoms with van der Waals surface area (Å²) in [5.74, 6) is 0.242. The number of nitrogens with zero attached hydrogens (tertiary/aromatic N) is 1. The summed E-state index contributed by atoms with van der Waals surface area (Å²) in [7, 11) is 1.56. The number of halogens is 1. The van der Waals surface area contributed by atoms with Gasteiger partial charge in [-0.15, -0.1) is 0 Å². The van der Waals surface area contributed by atoms with Crippen LogP contribution < -0.4 is 0 Å². The minimum atomic E-state index is 0.242. The number of hydroxylamine groups is 2. The van der Waals surface area contributed by atoms with Gasteiger partial charge in [-0.3, -0.25) is 0 Å². The van der Waals surface area contributed by atoms with Crippen LogP contribution in [0.15, 0.2) is 16.6 Å². The Hall–Kier alpha value is -0.580. The highest BCUT2D eigenvalue weighted by Crippen LogP contribution is 2.27. The normalized spacial score (nSPS) is 10.8. The van der Waals surface area contributed by atoms with Gasteiger partial charge in [0.25, 0.3) is 0 Å². The van der Waals surface area contributed by atoms with Crippen molar-refractivity contribution in [3.63, 3.8) is 0 Å². The molecule has 0 spiro atoms. The summed E-state index contributed by atoms with van der Waals surface area (Å²) in [6.07, 6.45) is 0. The van der Waals surface area contributed by atoms with Crippen molar-refractivity contribution in [3.05, 3.63) is 27.7 Å². The van der Waals surface area contributed by atoms with Crippen LogP contribution in [0.3, 0.4) is 0 Å². The van der Waals surface area contributed by atoms with E-state index in [9.17, 15) is 5.11 Å². The third-order valence-electron chi connectivity index (χ3n) is 1.79. The van der Waals surface area contributed by atoms with Crippen molar-refractivity contribution in [2.24, 2.45) is 0 Å². The van der Waals surface area contributed by atoms with Crippen LogP contribution in [0.5, 0.6) is 5.75 Å². The molecule has 0 aliphatic rings. The average molecular weight is 246 g/mol. The first-order valence-corrected chi connectivity index (χ1v) is 4.68. The van der Waals surface area contributed by atoms with Crippen molar-refractivity contribution >= 4 is 15.9 Å². The van der Waals surface area contributed by atoms with Crippen LogP contribution in [0.1, 0.15) is 11.1 Å². The predicted molar refractivity (Wildman–Crippen MR) is 53.8 cm³/mol. The van der Waals surface area contributed by atoms with Crippen molar-refractivity contribution in [1.82, 2.24) is 5.06 Å². The first-order valence-electron chi connectivity index (χ1n) is 3.88. The van der Waals surface area contributed by atoms with Crippen molar-refractivity contribution in [2.45, 2.75) is 13.5 Å². The van der Waals surface area contributed by atoms with E-state index >= 15 is 0 Å². The second-order valence-corrected chi connectivity index (χ2v) is 3.89. The molecule has 13 heavy (non-hydrogen) atoms. The lowest BCUT2D eigenvalue weighted by atomic mass is 10.1. The average Bonchev–Trinajstić information content (AvgIpc) is 1.98. The van der Waals surface area contributed by atoms with Crippen LogP contribution in [-0.2, 0) is 6.54 Å². The summed E-state index contributed by atoms with van der Waals surface area (Å²) in [6.45, 7) is 2.22. The Morgan fingerprint density at radius 2 is 2.08 bits per heavy atom. The molecule has 0 bridgehead atoms. The molecule has 0 heterocycles. The standard InChI is InChI=1S/C9H12BrNO2/c1-6-8(10)3-7(4-9(6)12)5-11(2)13/h3-4,12-13H,5H2,1-2H3. The summed E-state index contributed by atoms with van der Waals surface area (Å²) in [5.41, 5.74) is 1.67. The third kappa shape index (κ3) is 2.69. The van der Waals surface area contributed by atoms with E-state index in [0.717, 1.165) is 20.7 Å². The highest BCUT2D eigenvalue weighted by atomic mass is 79.9. The quantitative estimate of drug-likeness (QED) is 0.787. The molecule has 1 rings (SSSR count). The maximum absolute atomic E-state index is 9.46. The van der Waals surface area contributed by atoms with Gasteiger partial charge in [-0.25, -0.2) is 0 Å².